The van der Waals surface area contributed by atoms with Gasteiger partial charge in [0.25, 0.3) is 5.91 Å². The molecule has 0 saturated heterocycles. The fourth-order valence-electron chi connectivity index (χ4n) is 2.18. The van der Waals surface area contributed by atoms with E-state index in [1.807, 2.05) is 12.1 Å². The summed E-state index contributed by atoms with van der Waals surface area (Å²) in [5, 5.41) is 10.4. The van der Waals surface area contributed by atoms with Crippen molar-refractivity contribution in [1.82, 2.24) is 4.90 Å². The van der Waals surface area contributed by atoms with Crippen LogP contribution in [-0.2, 0) is 16.1 Å². The Kier molecular flexibility index (Phi) is 4.34. The van der Waals surface area contributed by atoms with E-state index in [9.17, 15) is 14.7 Å². The van der Waals surface area contributed by atoms with Crippen LogP contribution in [-0.4, -0.2) is 40.6 Å². The van der Waals surface area contributed by atoms with Crippen LogP contribution in [0.4, 0.5) is 0 Å². The highest BCUT2D eigenvalue weighted by Crippen LogP contribution is 2.24. The summed E-state index contributed by atoms with van der Waals surface area (Å²) in [6.45, 7) is 4.74. The van der Waals surface area contributed by atoms with Gasteiger partial charge in [-0.05, 0) is 18.6 Å². The minimum atomic E-state index is -1.80. The van der Waals surface area contributed by atoms with Crippen molar-refractivity contribution in [2.45, 2.75) is 19.1 Å². The number of halogens is 1. The maximum atomic E-state index is 12.2. The van der Waals surface area contributed by atoms with Crippen LogP contribution >= 0.6 is 11.6 Å². The molecular formula is C15H16ClNO4. The van der Waals surface area contributed by atoms with E-state index in [0.29, 0.717) is 12.1 Å². The molecule has 0 aromatic heterocycles. The van der Waals surface area contributed by atoms with Crippen LogP contribution < -0.4 is 0 Å². The van der Waals surface area contributed by atoms with Crippen molar-refractivity contribution in [2.24, 2.45) is 0 Å². The minimum absolute atomic E-state index is 0.145. The third-order valence-corrected chi connectivity index (χ3v) is 3.30. The van der Waals surface area contributed by atoms with E-state index in [2.05, 4.69) is 6.58 Å². The number of nitrogens with zero attached hydrogens (tertiary/aromatic N) is 1. The van der Waals surface area contributed by atoms with Crippen molar-refractivity contribution >= 4 is 23.5 Å². The Hall–Kier alpha value is -1.85. The molecule has 5 nitrogen and oxygen atoms in total. The summed E-state index contributed by atoms with van der Waals surface area (Å²) in [4.78, 5) is 25.4. The van der Waals surface area contributed by atoms with Crippen LogP contribution in [0, 0.1) is 0 Å². The molecule has 0 fully saturated rings. The van der Waals surface area contributed by atoms with Crippen LogP contribution in [0.5, 0.6) is 0 Å². The number of aliphatic hydroxyl groups is 1. The summed E-state index contributed by atoms with van der Waals surface area (Å²) in [5.74, 6) is -1.05. The highest BCUT2D eigenvalue weighted by atomic mass is 35.5. The number of rotatable bonds is 5. The normalized spacial score (nSPS) is 16.3. The number of β-amino-alcohol motifs (C(OH)–C–C–N with tert-alkyl or cyclic N) is 1. The summed E-state index contributed by atoms with van der Waals surface area (Å²) in [7, 11) is 0. The first kappa shape index (κ1) is 15.5. The Morgan fingerprint density at radius 3 is 2.81 bits per heavy atom. The number of carbonyl (C=O) groups excluding carboxylic acids is 2. The Labute approximate surface area is 127 Å². The highest BCUT2D eigenvalue weighted by molar-refractivity contribution is 6.29. The average Bonchev–Trinajstić information content (AvgIpc) is 2.72. The van der Waals surface area contributed by atoms with E-state index in [0.717, 1.165) is 5.56 Å². The molecule has 1 N–H and O–H groups in total. The zero-order chi connectivity index (χ0) is 15.6. The third kappa shape index (κ3) is 3.43. The molecule has 21 heavy (non-hydrogen) atoms. The predicted octanol–water partition coefficient (Wildman–Crippen LogP) is 1.69. The fourth-order valence-corrected chi connectivity index (χ4v) is 2.23. The molecule has 0 unspecified atom stereocenters. The molecule has 0 aliphatic carbocycles. The molecule has 1 aromatic carbocycles. The van der Waals surface area contributed by atoms with E-state index >= 15 is 0 Å². The Morgan fingerprint density at radius 1 is 1.52 bits per heavy atom. The SMILES string of the molecule is C=C(Cl)COC(=O)[C@@](C)(O)CN1Cc2ccccc2C1=O. The van der Waals surface area contributed by atoms with Crippen LogP contribution in [0.15, 0.2) is 35.9 Å². The summed E-state index contributed by atoms with van der Waals surface area (Å²) in [6.07, 6.45) is 0. The van der Waals surface area contributed by atoms with Gasteiger partial charge in [0, 0.05) is 17.1 Å². The van der Waals surface area contributed by atoms with Gasteiger partial charge in [-0.25, -0.2) is 4.79 Å². The maximum absolute atomic E-state index is 12.2. The zero-order valence-corrected chi connectivity index (χ0v) is 12.4. The fraction of sp³-hybridized carbons (Fsp3) is 0.333. The van der Waals surface area contributed by atoms with Crippen LogP contribution in [0.1, 0.15) is 22.8 Å². The van der Waals surface area contributed by atoms with Crippen LogP contribution in [0.3, 0.4) is 0 Å². The minimum Gasteiger partial charge on any atom is -0.458 e. The smallest absolute Gasteiger partial charge is 0.340 e. The van der Waals surface area contributed by atoms with Crippen LogP contribution in [0.2, 0.25) is 0 Å². The number of carbonyl (C=O) groups is 2. The summed E-state index contributed by atoms with van der Waals surface area (Å²) in [5.41, 5.74) is -0.332. The number of hydrogen-bond acceptors (Lipinski definition) is 4. The van der Waals surface area contributed by atoms with Gasteiger partial charge in [0.1, 0.15) is 6.61 Å². The molecule has 1 aromatic rings. The second-order valence-electron chi connectivity index (χ2n) is 5.19. The Bertz CT molecular complexity index is 597. The summed E-state index contributed by atoms with van der Waals surface area (Å²) >= 11 is 5.51. The monoisotopic (exact) mass is 309 g/mol. The molecule has 0 radical (unpaired) electrons. The summed E-state index contributed by atoms with van der Waals surface area (Å²) in [6, 6.07) is 7.19. The van der Waals surface area contributed by atoms with E-state index < -0.39 is 11.6 Å². The molecule has 1 aliphatic heterocycles. The number of fused-ring (bicyclic) bond motifs is 1. The largest absolute Gasteiger partial charge is 0.458 e. The highest BCUT2D eigenvalue weighted by Gasteiger charge is 2.38. The molecular weight excluding hydrogens is 294 g/mol. The van der Waals surface area contributed by atoms with Crippen molar-refractivity contribution in [3.05, 3.63) is 47.0 Å². The zero-order valence-electron chi connectivity index (χ0n) is 11.6. The van der Waals surface area contributed by atoms with Gasteiger partial charge in [0.15, 0.2) is 5.60 Å². The van der Waals surface area contributed by atoms with Crippen molar-refractivity contribution < 1.29 is 19.4 Å². The van der Waals surface area contributed by atoms with Crippen molar-refractivity contribution in [3.63, 3.8) is 0 Å². The quantitative estimate of drug-likeness (QED) is 0.841. The second-order valence-corrected chi connectivity index (χ2v) is 5.72. The molecule has 112 valence electrons. The van der Waals surface area contributed by atoms with Crippen molar-refractivity contribution in [2.75, 3.05) is 13.2 Å². The number of amides is 1. The molecule has 1 amide bonds. The first-order valence-corrected chi connectivity index (χ1v) is 6.79. The number of ether oxygens (including phenoxy) is 1. The standard InChI is InChI=1S/C15H16ClNO4/c1-10(16)8-21-14(19)15(2,20)9-17-7-11-5-3-4-6-12(11)13(17)18/h3-6,20H,1,7-9H2,2H3/t15-/m0/s1. The van der Waals surface area contributed by atoms with E-state index in [1.165, 1.54) is 11.8 Å². The van der Waals surface area contributed by atoms with Crippen molar-refractivity contribution in [1.29, 1.82) is 0 Å². The van der Waals surface area contributed by atoms with E-state index in [-0.39, 0.29) is 24.1 Å². The molecule has 1 aliphatic rings. The molecule has 0 spiro atoms. The lowest BCUT2D eigenvalue weighted by molar-refractivity contribution is -0.163. The molecule has 1 heterocycles. The first-order chi connectivity index (χ1) is 9.81. The molecule has 1 atom stereocenters. The number of esters is 1. The van der Waals surface area contributed by atoms with Gasteiger partial charge < -0.3 is 14.7 Å². The van der Waals surface area contributed by atoms with E-state index in [4.69, 9.17) is 16.3 Å². The average molecular weight is 310 g/mol. The lowest BCUT2D eigenvalue weighted by atomic mass is 10.1. The van der Waals surface area contributed by atoms with Crippen molar-refractivity contribution in [3.8, 4) is 0 Å². The topological polar surface area (TPSA) is 66.8 Å². The molecule has 0 saturated carbocycles. The van der Waals surface area contributed by atoms with Crippen LogP contribution in [0.25, 0.3) is 0 Å². The lowest BCUT2D eigenvalue weighted by Crippen LogP contribution is -2.47. The van der Waals surface area contributed by atoms with Gasteiger partial charge in [-0.3, -0.25) is 4.79 Å². The maximum Gasteiger partial charge on any atom is 0.340 e. The Morgan fingerprint density at radius 2 is 2.19 bits per heavy atom. The van der Waals surface area contributed by atoms with Gasteiger partial charge in [-0.15, -0.1) is 0 Å². The second kappa shape index (κ2) is 5.87. The van der Waals surface area contributed by atoms with Gasteiger partial charge in [-0.2, -0.15) is 0 Å². The summed E-state index contributed by atoms with van der Waals surface area (Å²) < 4.78 is 4.83. The van der Waals surface area contributed by atoms with E-state index in [1.54, 1.807) is 12.1 Å². The van der Waals surface area contributed by atoms with Gasteiger partial charge in [0.2, 0.25) is 0 Å². The Balaban J connectivity index is 2.03. The third-order valence-electron chi connectivity index (χ3n) is 3.19. The molecule has 6 heteroatoms. The van der Waals surface area contributed by atoms with Gasteiger partial charge >= 0.3 is 5.97 Å². The number of benzene rings is 1. The van der Waals surface area contributed by atoms with Gasteiger partial charge in [0.05, 0.1) is 6.54 Å². The molecule has 2 rings (SSSR count). The first-order valence-electron chi connectivity index (χ1n) is 6.41. The molecule has 0 bridgehead atoms. The predicted molar refractivity (Wildman–Crippen MR) is 77.8 cm³/mol. The lowest BCUT2D eigenvalue weighted by Gasteiger charge is -2.26. The van der Waals surface area contributed by atoms with Gasteiger partial charge in [-0.1, -0.05) is 36.4 Å². The number of hydrogen-bond donors (Lipinski definition) is 1.